The molecule has 0 saturated carbocycles. The number of aromatic nitrogens is 1. The second kappa shape index (κ2) is 8.33. The van der Waals surface area contributed by atoms with Crippen LogP contribution >= 0.6 is 22.7 Å². The Morgan fingerprint density at radius 3 is 2.67 bits per heavy atom. The van der Waals surface area contributed by atoms with Gasteiger partial charge in [0.2, 0.25) is 0 Å². The zero-order chi connectivity index (χ0) is 18.6. The highest BCUT2D eigenvalue weighted by atomic mass is 32.1. The van der Waals surface area contributed by atoms with Crippen molar-refractivity contribution < 1.29 is 4.79 Å². The van der Waals surface area contributed by atoms with Crippen LogP contribution in [-0.2, 0) is 6.54 Å². The lowest BCUT2D eigenvalue weighted by molar-refractivity contribution is 0.0912. The van der Waals surface area contributed by atoms with E-state index in [0.29, 0.717) is 0 Å². The summed E-state index contributed by atoms with van der Waals surface area (Å²) in [6, 6.07) is 12.6. The minimum atomic E-state index is 0.0608. The van der Waals surface area contributed by atoms with E-state index in [1.54, 1.807) is 11.3 Å². The Hall–Kier alpha value is -2.02. The Balaban J connectivity index is 1.28. The Morgan fingerprint density at radius 2 is 1.96 bits per heavy atom. The molecule has 3 aromatic rings. The molecule has 0 bridgehead atoms. The van der Waals surface area contributed by atoms with Crippen LogP contribution in [0.1, 0.15) is 33.8 Å². The van der Waals surface area contributed by atoms with Crippen LogP contribution in [0.25, 0.3) is 10.6 Å². The van der Waals surface area contributed by atoms with Gasteiger partial charge in [0.15, 0.2) is 0 Å². The number of amides is 1. The predicted molar refractivity (Wildman–Crippen MR) is 112 cm³/mol. The summed E-state index contributed by atoms with van der Waals surface area (Å²) in [5, 5.41) is 8.36. The number of nitrogens with zero attached hydrogens (tertiary/aromatic N) is 2. The maximum atomic E-state index is 12.2. The van der Waals surface area contributed by atoms with Gasteiger partial charge in [-0.05, 0) is 31.2 Å². The summed E-state index contributed by atoms with van der Waals surface area (Å²) in [7, 11) is 0. The number of hydrogen-bond donors (Lipinski definition) is 1. The fourth-order valence-corrected chi connectivity index (χ4v) is 4.78. The van der Waals surface area contributed by atoms with Gasteiger partial charge in [0.05, 0.1) is 10.6 Å². The molecule has 0 spiro atoms. The number of thiazole rings is 1. The van der Waals surface area contributed by atoms with Crippen LogP contribution in [0.4, 0.5) is 0 Å². The first-order chi connectivity index (χ1) is 13.2. The summed E-state index contributed by atoms with van der Waals surface area (Å²) < 4.78 is 0. The number of likely N-dealkylation sites (tertiary alicyclic amines) is 1. The summed E-state index contributed by atoms with van der Waals surface area (Å²) in [4.78, 5) is 20.2. The molecule has 4 nitrogen and oxygen atoms in total. The van der Waals surface area contributed by atoms with Gasteiger partial charge in [-0.15, -0.1) is 22.7 Å². The lowest BCUT2D eigenvalue weighted by Crippen LogP contribution is -2.44. The van der Waals surface area contributed by atoms with E-state index in [4.69, 9.17) is 4.98 Å². The number of hydrogen-bond acceptors (Lipinski definition) is 5. The van der Waals surface area contributed by atoms with Crippen LogP contribution in [0, 0.1) is 6.92 Å². The van der Waals surface area contributed by atoms with Gasteiger partial charge in [0.1, 0.15) is 5.01 Å². The van der Waals surface area contributed by atoms with Crippen molar-refractivity contribution in [3.05, 3.63) is 63.3 Å². The number of benzene rings is 1. The molecule has 1 saturated heterocycles. The van der Waals surface area contributed by atoms with Crippen LogP contribution in [0.5, 0.6) is 0 Å². The summed E-state index contributed by atoms with van der Waals surface area (Å²) in [5.74, 6) is 0.0608. The second-order valence-electron chi connectivity index (χ2n) is 7.01. The smallest absolute Gasteiger partial charge is 0.261 e. The summed E-state index contributed by atoms with van der Waals surface area (Å²) in [6.45, 7) is 4.97. The largest absolute Gasteiger partial charge is 0.349 e. The zero-order valence-corrected chi connectivity index (χ0v) is 17.0. The number of thiophene rings is 1. The normalized spacial score (nSPS) is 15.7. The number of carbonyl (C=O) groups is 1. The number of aryl methyl sites for hydroxylation is 1. The van der Waals surface area contributed by atoms with Crippen LogP contribution in [0.2, 0.25) is 0 Å². The third kappa shape index (κ3) is 4.64. The van der Waals surface area contributed by atoms with Crippen LogP contribution in [0.15, 0.2) is 47.2 Å². The molecule has 1 aliphatic heterocycles. The van der Waals surface area contributed by atoms with Crippen molar-refractivity contribution in [1.82, 2.24) is 15.2 Å². The molecular formula is C21H23N3OS2. The van der Waals surface area contributed by atoms with Gasteiger partial charge in [-0.3, -0.25) is 9.69 Å². The topological polar surface area (TPSA) is 45.2 Å². The van der Waals surface area contributed by atoms with E-state index in [2.05, 4.69) is 46.8 Å². The Bertz CT molecular complexity index is 879. The van der Waals surface area contributed by atoms with Gasteiger partial charge >= 0.3 is 0 Å². The molecule has 0 unspecified atom stereocenters. The summed E-state index contributed by atoms with van der Waals surface area (Å²) in [5.41, 5.74) is 3.59. The highest BCUT2D eigenvalue weighted by molar-refractivity contribution is 7.13. The lowest BCUT2D eigenvalue weighted by Gasteiger charge is -2.31. The van der Waals surface area contributed by atoms with E-state index in [-0.39, 0.29) is 11.9 Å². The Labute approximate surface area is 167 Å². The lowest BCUT2D eigenvalue weighted by atomic mass is 10.0. The van der Waals surface area contributed by atoms with Crippen LogP contribution < -0.4 is 5.32 Å². The van der Waals surface area contributed by atoms with Crippen LogP contribution in [-0.4, -0.2) is 34.9 Å². The Morgan fingerprint density at radius 1 is 1.19 bits per heavy atom. The zero-order valence-electron chi connectivity index (χ0n) is 15.4. The maximum absolute atomic E-state index is 12.2. The van der Waals surface area contributed by atoms with E-state index < -0.39 is 0 Å². The van der Waals surface area contributed by atoms with E-state index >= 15 is 0 Å². The first-order valence-electron chi connectivity index (χ1n) is 9.25. The fraction of sp³-hybridized carbons (Fsp3) is 0.333. The van der Waals surface area contributed by atoms with Gasteiger partial charge in [0.25, 0.3) is 5.91 Å². The van der Waals surface area contributed by atoms with Crippen molar-refractivity contribution in [2.75, 3.05) is 13.1 Å². The van der Waals surface area contributed by atoms with Gasteiger partial charge in [0, 0.05) is 36.6 Å². The van der Waals surface area contributed by atoms with Crippen molar-refractivity contribution in [2.45, 2.75) is 32.4 Å². The van der Waals surface area contributed by atoms with Crippen LogP contribution in [0.3, 0.4) is 0 Å². The molecular weight excluding hydrogens is 374 g/mol. The highest BCUT2D eigenvalue weighted by Crippen LogP contribution is 2.25. The molecule has 140 valence electrons. The molecule has 0 radical (unpaired) electrons. The maximum Gasteiger partial charge on any atom is 0.261 e. The van der Waals surface area contributed by atoms with Crippen molar-refractivity contribution in [2.24, 2.45) is 0 Å². The minimum Gasteiger partial charge on any atom is -0.349 e. The quantitative estimate of drug-likeness (QED) is 0.686. The predicted octanol–water partition coefficient (Wildman–Crippen LogP) is 4.57. The first-order valence-corrected chi connectivity index (χ1v) is 11.0. The molecule has 4 rings (SSSR count). The van der Waals surface area contributed by atoms with Crippen molar-refractivity contribution in [3.63, 3.8) is 0 Å². The highest BCUT2D eigenvalue weighted by Gasteiger charge is 2.22. The van der Waals surface area contributed by atoms with E-state index in [1.165, 1.54) is 22.5 Å². The Kier molecular flexibility index (Phi) is 5.66. The molecule has 1 N–H and O–H groups in total. The van der Waals surface area contributed by atoms with Gasteiger partial charge in [-0.2, -0.15) is 0 Å². The number of carbonyl (C=O) groups excluding carboxylic acids is 1. The molecule has 1 amide bonds. The molecule has 27 heavy (non-hydrogen) atoms. The average molecular weight is 398 g/mol. The number of nitrogens with one attached hydrogen (secondary N) is 1. The molecule has 1 aromatic carbocycles. The molecule has 2 aromatic heterocycles. The van der Waals surface area contributed by atoms with E-state index in [0.717, 1.165) is 48.1 Å². The average Bonchev–Trinajstić information content (AvgIpc) is 3.36. The molecule has 1 fully saturated rings. The molecule has 3 heterocycles. The van der Waals surface area contributed by atoms with Crippen molar-refractivity contribution in [1.29, 1.82) is 0 Å². The fourth-order valence-electron chi connectivity index (χ4n) is 3.34. The molecule has 0 atom stereocenters. The third-order valence-electron chi connectivity index (χ3n) is 4.90. The van der Waals surface area contributed by atoms with Gasteiger partial charge in [-0.1, -0.05) is 35.9 Å². The second-order valence-corrected chi connectivity index (χ2v) is 8.82. The van der Waals surface area contributed by atoms with Crippen molar-refractivity contribution >= 4 is 28.6 Å². The SMILES string of the molecule is Cc1ccc(-c2nc(CN3CCC(NC(=O)c4cccs4)CC3)cs2)cc1. The monoisotopic (exact) mass is 397 g/mol. The standard InChI is InChI=1S/C21H23N3OS2/c1-15-4-6-16(7-5-15)21-23-18(14-27-21)13-24-10-8-17(9-11-24)22-20(25)19-3-2-12-26-19/h2-7,12,14,17H,8-11,13H2,1H3,(H,22,25). The van der Waals surface area contributed by atoms with Crippen molar-refractivity contribution in [3.8, 4) is 10.6 Å². The molecule has 1 aliphatic rings. The molecule has 0 aliphatic carbocycles. The minimum absolute atomic E-state index is 0.0608. The number of piperidine rings is 1. The van der Waals surface area contributed by atoms with Gasteiger partial charge in [-0.25, -0.2) is 4.98 Å². The van der Waals surface area contributed by atoms with Gasteiger partial charge < -0.3 is 5.32 Å². The molecule has 6 heteroatoms. The summed E-state index contributed by atoms with van der Waals surface area (Å²) >= 11 is 3.20. The summed E-state index contributed by atoms with van der Waals surface area (Å²) in [6.07, 6.45) is 1.98. The third-order valence-corrected chi connectivity index (χ3v) is 6.71. The number of rotatable bonds is 5. The first kappa shape index (κ1) is 18.3. The van der Waals surface area contributed by atoms with E-state index in [9.17, 15) is 4.79 Å². The van der Waals surface area contributed by atoms with E-state index in [1.807, 2.05) is 17.5 Å².